The Kier molecular flexibility index (Phi) is 5.12. The molecule has 6 heteroatoms. The van der Waals surface area contributed by atoms with Gasteiger partial charge in [0, 0.05) is 5.69 Å². The highest BCUT2D eigenvalue weighted by Gasteiger charge is 2.11. The minimum atomic E-state index is -0.570. The molecule has 1 atom stereocenters. The minimum absolute atomic E-state index is 0.278. The zero-order valence-corrected chi connectivity index (χ0v) is 9.47. The van der Waals surface area contributed by atoms with Crippen LogP contribution in [0.25, 0.3) is 0 Å². The SMILES string of the molecule is C[C@H](NC=O)C(=O)Nc1ccc(CON)cc1. The summed E-state index contributed by atoms with van der Waals surface area (Å²) in [6, 6.07) is 6.49. The number of nitrogens with one attached hydrogen (secondary N) is 2. The van der Waals surface area contributed by atoms with Crippen LogP contribution in [0.3, 0.4) is 0 Å². The quantitative estimate of drug-likeness (QED) is 0.485. The molecule has 0 saturated carbocycles. The zero-order chi connectivity index (χ0) is 12.7. The zero-order valence-electron chi connectivity index (χ0n) is 9.47. The molecule has 17 heavy (non-hydrogen) atoms. The predicted octanol–water partition coefficient (Wildman–Crippen LogP) is 0.150. The molecule has 6 nitrogen and oxygen atoms in total. The lowest BCUT2D eigenvalue weighted by Crippen LogP contribution is -2.37. The van der Waals surface area contributed by atoms with E-state index in [0.717, 1.165) is 5.56 Å². The van der Waals surface area contributed by atoms with Gasteiger partial charge in [0.1, 0.15) is 6.04 Å². The minimum Gasteiger partial charge on any atom is -0.347 e. The molecule has 1 aromatic carbocycles. The average molecular weight is 237 g/mol. The van der Waals surface area contributed by atoms with Crippen molar-refractivity contribution in [3.8, 4) is 0 Å². The third-order valence-corrected chi connectivity index (χ3v) is 2.18. The second-order valence-corrected chi connectivity index (χ2v) is 3.50. The Morgan fingerprint density at radius 3 is 2.65 bits per heavy atom. The summed E-state index contributed by atoms with van der Waals surface area (Å²) in [7, 11) is 0. The molecule has 1 rings (SSSR count). The number of hydrogen-bond donors (Lipinski definition) is 3. The predicted molar refractivity (Wildman–Crippen MR) is 62.7 cm³/mol. The maximum absolute atomic E-state index is 11.5. The number of nitrogens with two attached hydrogens (primary N) is 1. The molecule has 92 valence electrons. The van der Waals surface area contributed by atoms with Gasteiger partial charge >= 0.3 is 0 Å². The van der Waals surface area contributed by atoms with Crippen LogP contribution in [0.15, 0.2) is 24.3 Å². The molecule has 0 radical (unpaired) electrons. The highest BCUT2D eigenvalue weighted by molar-refractivity contribution is 5.95. The first-order chi connectivity index (χ1) is 8.17. The van der Waals surface area contributed by atoms with E-state index in [0.29, 0.717) is 18.7 Å². The Hall–Kier alpha value is -1.92. The van der Waals surface area contributed by atoms with Gasteiger partial charge < -0.3 is 10.6 Å². The van der Waals surface area contributed by atoms with E-state index in [4.69, 9.17) is 5.90 Å². The number of benzene rings is 1. The number of hydrogen-bond acceptors (Lipinski definition) is 4. The maximum atomic E-state index is 11.5. The topological polar surface area (TPSA) is 93.5 Å². The summed E-state index contributed by atoms with van der Waals surface area (Å²) < 4.78 is 0. The Bertz CT molecular complexity index is 378. The largest absolute Gasteiger partial charge is 0.347 e. The lowest BCUT2D eigenvalue weighted by Gasteiger charge is -2.11. The second-order valence-electron chi connectivity index (χ2n) is 3.50. The molecule has 0 aromatic heterocycles. The molecule has 0 unspecified atom stereocenters. The van der Waals surface area contributed by atoms with Crippen LogP contribution in [0.1, 0.15) is 12.5 Å². The Morgan fingerprint density at radius 2 is 2.12 bits per heavy atom. The maximum Gasteiger partial charge on any atom is 0.246 e. The van der Waals surface area contributed by atoms with Crippen LogP contribution in [0, 0.1) is 0 Å². The van der Waals surface area contributed by atoms with Crippen molar-refractivity contribution in [3.63, 3.8) is 0 Å². The highest BCUT2D eigenvalue weighted by atomic mass is 16.6. The molecular weight excluding hydrogens is 222 g/mol. The Morgan fingerprint density at radius 1 is 1.47 bits per heavy atom. The monoisotopic (exact) mass is 237 g/mol. The molecule has 0 bridgehead atoms. The van der Waals surface area contributed by atoms with Gasteiger partial charge in [-0.15, -0.1) is 0 Å². The fourth-order valence-electron chi connectivity index (χ4n) is 1.21. The third kappa shape index (κ3) is 4.21. The van der Waals surface area contributed by atoms with Crippen LogP contribution in [-0.2, 0) is 21.0 Å². The molecule has 0 heterocycles. The molecule has 2 amide bonds. The summed E-state index contributed by atoms with van der Waals surface area (Å²) in [5.41, 5.74) is 1.56. The summed E-state index contributed by atoms with van der Waals surface area (Å²) in [5.74, 6) is 4.66. The van der Waals surface area contributed by atoms with Crippen molar-refractivity contribution in [1.82, 2.24) is 5.32 Å². The van der Waals surface area contributed by atoms with Gasteiger partial charge in [-0.2, -0.15) is 0 Å². The van der Waals surface area contributed by atoms with Crippen LogP contribution in [0.2, 0.25) is 0 Å². The molecule has 0 aliphatic carbocycles. The van der Waals surface area contributed by atoms with E-state index < -0.39 is 6.04 Å². The first kappa shape index (κ1) is 13.1. The normalized spacial score (nSPS) is 11.6. The second kappa shape index (κ2) is 6.62. The Labute approximate surface area is 99.1 Å². The van der Waals surface area contributed by atoms with Crippen molar-refractivity contribution in [3.05, 3.63) is 29.8 Å². The van der Waals surface area contributed by atoms with Crippen molar-refractivity contribution in [2.45, 2.75) is 19.6 Å². The van der Waals surface area contributed by atoms with E-state index in [9.17, 15) is 9.59 Å². The summed E-state index contributed by atoms with van der Waals surface area (Å²) in [4.78, 5) is 26.2. The van der Waals surface area contributed by atoms with Crippen molar-refractivity contribution in [2.75, 3.05) is 5.32 Å². The van der Waals surface area contributed by atoms with Crippen LogP contribution < -0.4 is 16.5 Å². The van der Waals surface area contributed by atoms with Crippen molar-refractivity contribution >= 4 is 18.0 Å². The molecule has 0 saturated heterocycles. The van der Waals surface area contributed by atoms with E-state index in [1.807, 2.05) is 0 Å². The van der Waals surface area contributed by atoms with Gasteiger partial charge in [-0.1, -0.05) is 12.1 Å². The standard InChI is InChI=1S/C11H15N3O3/c1-8(13-7-15)11(16)14-10-4-2-9(3-5-10)6-17-12/h2-5,7-8H,6,12H2,1H3,(H,13,15)(H,14,16)/t8-/m0/s1. The van der Waals surface area contributed by atoms with Gasteiger partial charge in [0.15, 0.2) is 0 Å². The lowest BCUT2D eigenvalue weighted by atomic mass is 10.2. The number of carbonyl (C=O) groups excluding carboxylic acids is 2. The summed E-state index contributed by atoms with van der Waals surface area (Å²) in [6.45, 7) is 1.91. The first-order valence-electron chi connectivity index (χ1n) is 5.08. The summed E-state index contributed by atoms with van der Waals surface area (Å²) in [6.07, 6.45) is 0.492. The summed E-state index contributed by atoms with van der Waals surface area (Å²) >= 11 is 0. The molecule has 1 aromatic rings. The summed E-state index contributed by atoms with van der Waals surface area (Å²) in [5, 5.41) is 5.03. The van der Waals surface area contributed by atoms with Gasteiger partial charge in [-0.3, -0.25) is 14.4 Å². The Balaban J connectivity index is 2.56. The molecule has 0 spiro atoms. The fraction of sp³-hybridized carbons (Fsp3) is 0.273. The van der Waals surface area contributed by atoms with E-state index >= 15 is 0 Å². The molecule has 0 fully saturated rings. The highest BCUT2D eigenvalue weighted by Crippen LogP contribution is 2.10. The van der Waals surface area contributed by atoms with Gasteiger partial charge in [0.2, 0.25) is 12.3 Å². The third-order valence-electron chi connectivity index (χ3n) is 2.18. The van der Waals surface area contributed by atoms with Gasteiger partial charge in [0.25, 0.3) is 0 Å². The van der Waals surface area contributed by atoms with E-state index in [2.05, 4.69) is 15.5 Å². The number of rotatable bonds is 6. The van der Waals surface area contributed by atoms with Crippen LogP contribution in [0.4, 0.5) is 5.69 Å². The fourth-order valence-corrected chi connectivity index (χ4v) is 1.21. The molecule has 0 aliphatic rings. The smallest absolute Gasteiger partial charge is 0.246 e. The lowest BCUT2D eigenvalue weighted by molar-refractivity contribution is -0.120. The van der Waals surface area contributed by atoms with Crippen molar-refractivity contribution in [1.29, 1.82) is 0 Å². The van der Waals surface area contributed by atoms with E-state index in [-0.39, 0.29) is 5.91 Å². The molecule has 4 N–H and O–H groups in total. The van der Waals surface area contributed by atoms with Crippen LogP contribution in [0.5, 0.6) is 0 Å². The van der Waals surface area contributed by atoms with E-state index in [1.54, 1.807) is 31.2 Å². The van der Waals surface area contributed by atoms with E-state index in [1.165, 1.54) is 0 Å². The number of amides is 2. The number of carbonyl (C=O) groups is 2. The first-order valence-corrected chi connectivity index (χ1v) is 5.08. The number of anilines is 1. The van der Waals surface area contributed by atoms with Crippen LogP contribution >= 0.6 is 0 Å². The van der Waals surface area contributed by atoms with Gasteiger partial charge in [-0.05, 0) is 24.6 Å². The van der Waals surface area contributed by atoms with Crippen molar-refractivity contribution in [2.24, 2.45) is 5.90 Å². The van der Waals surface area contributed by atoms with Crippen LogP contribution in [-0.4, -0.2) is 18.4 Å². The van der Waals surface area contributed by atoms with Gasteiger partial charge in [0.05, 0.1) is 6.61 Å². The average Bonchev–Trinajstić information content (AvgIpc) is 2.32. The van der Waals surface area contributed by atoms with Gasteiger partial charge in [-0.25, -0.2) is 5.90 Å². The van der Waals surface area contributed by atoms with Crippen molar-refractivity contribution < 1.29 is 14.4 Å². The molecule has 0 aliphatic heterocycles. The molecular formula is C11H15N3O3.